The number of carbonyl (C=O) groups is 1. The van der Waals surface area contributed by atoms with Gasteiger partial charge in [-0.25, -0.2) is 4.79 Å². The molecule has 0 aromatic heterocycles. The van der Waals surface area contributed by atoms with E-state index in [1.165, 1.54) is 0 Å². The summed E-state index contributed by atoms with van der Waals surface area (Å²) in [4.78, 5) is 11.8. The summed E-state index contributed by atoms with van der Waals surface area (Å²) in [6.45, 7) is 2.54. The zero-order valence-corrected chi connectivity index (χ0v) is 11.5. The van der Waals surface area contributed by atoms with Crippen LogP contribution in [-0.4, -0.2) is 30.8 Å². The molecule has 0 aliphatic heterocycles. The quantitative estimate of drug-likeness (QED) is 0.791. The lowest BCUT2D eigenvalue weighted by atomic mass is 9.83. The van der Waals surface area contributed by atoms with Crippen molar-refractivity contribution in [2.24, 2.45) is 5.73 Å². The first-order chi connectivity index (χ1) is 9.10. The number of benzene rings is 1. The van der Waals surface area contributed by atoms with Crippen LogP contribution in [-0.2, 0) is 4.74 Å². The van der Waals surface area contributed by atoms with Crippen molar-refractivity contribution in [3.8, 4) is 0 Å². The highest BCUT2D eigenvalue weighted by Crippen LogP contribution is 2.22. The van der Waals surface area contributed by atoms with E-state index in [9.17, 15) is 4.79 Å². The lowest BCUT2D eigenvalue weighted by Crippen LogP contribution is -2.65. The maximum absolute atomic E-state index is 11.8. The molecule has 2 rings (SSSR count). The lowest BCUT2D eigenvalue weighted by Gasteiger charge is -2.42. The maximum atomic E-state index is 11.8. The largest absolute Gasteiger partial charge is 0.376 e. The van der Waals surface area contributed by atoms with Gasteiger partial charge in [0.2, 0.25) is 0 Å². The first kappa shape index (κ1) is 14.1. The Balaban J connectivity index is 1.85. The first-order valence-corrected chi connectivity index (χ1v) is 6.68. The van der Waals surface area contributed by atoms with Gasteiger partial charge in [0.1, 0.15) is 0 Å². The second-order valence-corrected chi connectivity index (χ2v) is 4.96. The van der Waals surface area contributed by atoms with Crippen molar-refractivity contribution in [1.29, 1.82) is 0 Å². The normalized spacial score (nSPS) is 25.5. The van der Waals surface area contributed by atoms with Crippen molar-refractivity contribution in [2.75, 3.05) is 11.9 Å². The molecule has 0 saturated heterocycles. The Morgan fingerprint density at radius 1 is 1.47 bits per heavy atom. The number of urea groups is 1. The van der Waals surface area contributed by atoms with Crippen LogP contribution in [0.3, 0.4) is 0 Å². The molecule has 104 valence electrons. The van der Waals surface area contributed by atoms with Gasteiger partial charge in [0.15, 0.2) is 0 Å². The van der Waals surface area contributed by atoms with Crippen LogP contribution in [0.15, 0.2) is 24.3 Å². The molecule has 6 heteroatoms. The van der Waals surface area contributed by atoms with Gasteiger partial charge in [0.05, 0.1) is 12.1 Å². The van der Waals surface area contributed by atoms with Crippen LogP contribution < -0.4 is 16.4 Å². The lowest BCUT2D eigenvalue weighted by molar-refractivity contribution is -0.0277. The third-order valence-corrected chi connectivity index (χ3v) is 3.40. The highest BCUT2D eigenvalue weighted by atomic mass is 35.5. The van der Waals surface area contributed by atoms with Gasteiger partial charge in [0, 0.05) is 23.4 Å². The minimum atomic E-state index is -0.285. The number of anilines is 1. The number of nitrogens with one attached hydrogen (secondary N) is 2. The minimum Gasteiger partial charge on any atom is -0.376 e. The second-order valence-electron chi connectivity index (χ2n) is 4.52. The smallest absolute Gasteiger partial charge is 0.319 e. The molecule has 0 bridgehead atoms. The predicted octanol–water partition coefficient (Wildman–Crippen LogP) is 1.97. The van der Waals surface area contributed by atoms with Crippen molar-refractivity contribution in [3.63, 3.8) is 0 Å². The highest BCUT2D eigenvalue weighted by Gasteiger charge is 2.40. The van der Waals surface area contributed by atoms with Gasteiger partial charge < -0.3 is 21.1 Å². The Morgan fingerprint density at radius 3 is 2.74 bits per heavy atom. The topological polar surface area (TPSA) is 76.4 Å². The summed E-state index contributed by atoms with van der Waals surface area (Å²) < 4.78 is 5.49. The minimum absolute atomic E-state index is 0.0102. The summed E-state index contributed by atoms with van der Waals surface area (Å²) in [5.74, 6) is 0. The Morgan fingerprint density at radius 2 is 2.16 bits per heavy atom. The summed E-state index contributed by atoms with van der Waals surface area (Å²) in [5.41, 5.74) is 6.55. The molecule has 1 aliphatic carbocycles. The number of hydrogen-bond acceptors (Lipinski definition) is 3. The Kier molecular flexibility index (Phi) is 4.63. The van der Waals surface area contributed by atoms with E-state index in [1.807, 2.05) is 6.92 Å². The zero-order valence-electron chi connectivity index (χ0n) is 10.7. The number of carbonyl (C=O) groups excluding carboxylic acids is 1. The Hall–Kier alpha value is -1.30. The van der Waals surface area contributed by atoms with Gasteiger partial charge >= 0.3 is 6.03 Å². The van der Waals surface area contributed by atoms with E-state index >= 15 is 0 Å². The molecule has 1 aromatic carbocycles. The second kappa shape index (κ2) is 6.23. The standard InChI is InChI=1S/C13H18ClN3O2/c1-2-19-11-7-10(15)12(11)17-13(18)16-9-5-3-8(14)4-6-9/h3-6,10-12H,2,7,15H2,1H3,(H2,16,17,18). The van der Waals surface area contributed by atoms with Crippen LogP contribution >= 0.6 is 11.6 Å². The summed E-state index contributed by atoms with van der Waals surface area (Å²) in [5, 5.41) is 6.19. The van der Waals surface area contributed by atoms with Crippen molar-refractivity contribution in [3.05, 3.63) is 29.3 Å². The fourth-order valence-electron chi connectivity index (χ4n) is 2.08. The van der Waals surface area contributed by atoms with E-state index in [0.717, 1.165) is 6.42 Å². The van der Waals surface area contributed by atoms with Crippen LogP contribution in [0.5, 0.6) is 0 Å². The molecule has 4 N–H and O–H groups in total. The molecular weight excluding hydrogens is 266 g/mol. The van der Waals surface area contributed by atoms with Gasteiger partial charge in [-0.1, -0.05) is 11.6 Å². The van der Waals surface area contributed by atoms with Gasteiger partial charge in [-0.05, 0) is 37.6 Å². The van der Waals surface area contributed by atoms with Crippen molar-refractivity contribution < 1.29 is 9.53 Å². The SMILES string of the molecule is CCOC1CC(N)C1NC(=O)Nc1ccc(Cl)cc1. The molecule has 19 heavy (non-hydrogen) atoms. The summed E-state index contributed by atoms with van der Waals surface area (Å²) in [6, 6.07) is 6.45. The third kappa shape index (κ3) is 3.59. The molecule has 3 unspecified atom stereocenters. The summed E-state index contributed by atoms with van der Waals surface area (Å²) in [6.07, 6.45) is 0.788. The van der Waals surface area contributed by atoms with Gasteiger partial charge in [-0.15, -0.1) is 0 Å². The molecular formula is C13H18ClN3O2. The monoisotopic (exact) mass is 283 g/mol. The van der Waals surface area contributed by atoms with Crippen LogP contribution in [0, 0.1) is 0 Å². The van der Waals surface area contributed by atoms with Crippen molar-refractivity contribution in [1.82, 2.24) is 5.32 Å². The molecule has 3 atom stereocenters. The van der Waals surface area contributed by atoms with Crippen LogP contribution in [0.25, 0.3) is 0 Å². The number of halogens is 1. The van der Waals surface area contributed by atoms with E-state index in [1.54, 1.807) is 24.3 Å². The molecule has 0 heterocycles. The van der Waals surface area contributed by atoms with Crippen LogP contribution in [0.4, 0.5) is 10.5 Å². The highest BCUT2D eigenvalue weighted by molar-refractivity contribution is 6.30. The zero-order chi connectivity index (χ0) is 13.8. The summed E-state index contributed by atoms with van der Waals surface area (Å²) >= 11 is 5.78. The van der Waals surface area contributed by atoms with Gasteiger partial charge in [-0.2, -0.15) is 0 Å². The van der Waals surface area contributed by atoms with E-state index in [0.29, 0.717) is 17.3 Å². The van der Waals surface area contributed by atoms with Crippen LogP contribution in [0.1, 0.15) is 13.3 Å². The van der Waals surface area contributed by atoms with Gasteiger partial charge in [-0.3, -0.25) is 0 Å². The number of ether oxygens (including phenoxy) is 1. The van der Waals surface area contributed by atoms with Crippen molar-refractivity contribution >= 4 is 23.3 Å². The predicted molar refractivity (Wildman–Crippen MR) is 75.4 cm³/mol. The first-order valence-electron chi connectivity index (χ1n) is 6.30. The molecule has 0 radical (unpaired) electrons. The van der Waals surface area contributed by atoms with Crippen LogP contribution in [0.2, 0.25) is 5.02 Å². The summed E-state index contributed by atoms with van der Waals surface area (Å²) in [7, 11) is 0. The van der Waals surface area contributed by atoms with E-state index in [4.69, 9.17) is 22.1 Å². The Labute approximate surface area is 117 Å². The number of rotatable bonds is 4. The molecule has 1 aromatic rings. The number of amides is 2. The van der Waals surface area contributed by atoms with E-state index in [-0.39, 0.29) is 24.2 Å². The Bertz CT molecular complexity index is 436. The average Bonchev–Trinajstić information content (AvgIpc) is 2.39. The molecule has 0 spiro atoms. The third-order valence-electron chi connectivity index (χ3n) is 3.15. The average molecular weight is 284 g/mol. The molecule has 1 aliphatic rings. The molecule has 1 saturated carbocycles. The van der Waals surface area contributed by atoms with E-state index in [2.05, 4.69) is 10.6 Å². The van der Waals surface area contributed by atoms with Gasteiger partial charge in [0.25, 0.3) is 0 Å². The number of hydrogen-bond donors (Lipinski definition) is 3. The van der Waals surface area contributed by atoms with E-state index < -0.39 is 0 Å². The number of nitrogens with two attached hydrogens (primary N) is 1. The molecule has 5 nitrogen and oxygen atoms in total. The maximum Gasteiger partial charge on any atom is 0.319 e. The fraction of sp³-hybridized carbons (Fsp3) is 0.462. The van der Waals surface area contributed by atoms with Crippen molar-refractivity contribution in [2.45, 2.75) is 31.5 Å². The molecule has 1 fully saturated rings. The molecule has 2 amide bonds. The fourth-order valence-corrected chi connectivity index (χ4v) is 2.20.